The molecule has 0 atom stereocenters. The van der Waals surface area contributed by atoms with Crippen LogP contribution < -0.4 is 5.32 Å². The summed E-state index contributed by atoms with van der Waals surface area (Å²) in [5, 5.41) is 2.93. The topological polar surface area (TPSA) is 68.4 Å². The quantitative estimate of drug-likeness (QED) is 0.505. The lowest BCUT2D eigenvalue weighted by Gasteiger charge is -2.35. The summed E-state index contributed by atoms with van der Waals surface area (Å²) in [7, 11) is 3.99. The summed E-state index contributed by atoms with van der Waals surface area (Å²) < 4.78 is 14.0. The van der Waals surface area contributed by atoms with Crippen LogP contribution in [0.4, 0.5) is 10.1 Å². The number of hydrogen-bond acceptors (Lipinski definition) is 3. The summed E-state index contributed by atoms with van der Waals surface area (Å²) in [6.07, 6.45) is 3.72. The smallest absolute Gasteiger partial charge is 0.256 e. The molecule has 0 aliphatic carbocycles. The normalized spacial score (nSPS) is 17.4. The van der Waals surface area contributed by atoms with Crippen molar-refractivity contribution in [3.05, 3.63) is 76.4 Å². The highest BCUT2D eigenvalue weighted by Crippen LogP contribution is 2.41. The zero-order valence-corrected chi connectivity index (χ0v) is 21.1. The highest BCUT2D eigenvalue weighted by molar-refractivity contribution is 6.36. The van der Waals surface area contributed by atoms with Crippen molar-refractivity contribution in [2.75, 3.05) is 32.5 Å². The van der Waals surface area contributed by atoms with Gasteiger partial charge in [0.2, 0.25) is 0 Å². The lowest BCUT2D eigenvalue weighted by atomic mass is 9.94. The van der Waals surface area contributed by atoms with Gasteiger partial charge in [0.25, 0.3) is 11.8 Å². The van der Waals surface area contributed by atoms with Gasteiger partial charge in [-0.3, -0.25) is 9.59 Å². The fourth-order valence-corrected chi connectivity index (χ4v) is 5.39. The highest BCUT2D eigenvalue weighted by atomic mass is 19.1. The zero-order valence-electron chi connectivity index (χ0n) is 21.1. The van der Waals surface area contributed by atoms with Crippen LogP contribution in [0, 0.1) is 19.7 Å². The largest absolute Gasteiger partial charge is 0.358 e. The number of benzene rings is 2. The molecule has 2 aromatic carbocycles. The predicted octanol–water partition coefficient (Wildman–Crippen LogP) is 5.10. The molecule has 0 radical (unpaired) electrons. The molecule has 5 rings (SSSR count). The Labute approximate surface area is 210 Å². The van der Waals surface area contributed by atoms with Crippen molar-refractivity contribution < 1.29 is 14.0 Å². The molecular weight excluding hydrogens is 455 g/mol. The second-order valence-corrected chi connectivity index (χ2v) is 9.86. The van der Waals surface area contributed by atoms with E-state index >= 15 is 0 Å². The SMILES string of the molecule is Cc1[nH]c(C=C2C(=O)Nc3cccc(-c4cccc(F)c4)c32)c(C)c1C(=O)N(C)C1CCN(C)CC1. The van der Waals surface area contributed by atoms with Gasteiger partial charge in [0, 0.05) is 35.7 Å². The number of amides is 2. The van der Waals surface area contributed by atoms with E-state index < -0.39 is 0 Å². The molecule has 0 spiro atoms. The minimum Gasteiger partial charge on any atom is -0.358 e. The van der Waals surface area contributed by atoms with Crippen molar-refractivity contribution in [2.24, 2.45) is 0 Å². The van der Waals surface area contributed by atoms with Crippen LogP contribution in [0.15, 0.2) is 42.5 Å². The third kappa shape index (κ3) is 4.24. The molecule has 1 saturated heterocycles. The molecule has 3 aromatic rings. The first kappa shape index (κ1) is 24.0. The molecule has 1 fully saturated rings. The van der Waals surface area contributed by atoms with Crippen LogP contribution in [0.2, 0.25) is 0 Å². The Bertz CT molecular complexity index is 1380. The molecular formula is C29H31FN4O2. The Kier molecular flexibility index (Phi) is 6.26. The van der Waals surface area contributed by atoms with Crippen LogP contribution in [-0.2, 0) is 4.79 Å². The standard InChI is InChI=1S/C29H31FN4O2/c1-17-25(31-18(2)26(17)29(36)34(4)21-11-13-33(3)14-12-21)16-23-27-22(19-7-5-8-20(30)15-19)9-6-10-24(27)32-28(23)35/h5-10,15-16,21,31H,11-14H2,1-4H3,(H,32,35). The number of halogens is 1. The lowest BCUT2D eigenvalue weighted by Crippen LogP contribution is -2.44. The predicted molar refractivity (Wildman–Crippen MR) is 141 cm³/mol. The van der Waals surface area contributed by atoms with Crippen molar-refractivity contribution in [3.8, 4) is 11.1 Å². The van der Waals surface area contributed by atoms with Crippen LogP contribution in [0.1, 0.15) is 45.7 Å². The molecule has 6 nitrogen and oxygen atoms in total. The van der Waals surface area contributed by atoms with Crippen LogP contribution in [0.3, 0.4) is 0 Å². The van der Waals surface area contributed by atoms with Gasteiger partial charge in [-0.05, 0) is 87.8 Å². The van der Waals surface area contributed by atoms with Crippen molar-refractivity contribution in [1.82, 2.24) is 14.8 Å². The van der Waals surface area contributed by atoms with Gasteiger partial charge in [-0.2, -0.15) is 0 Å². The van der Waals surface area contributed by atoms with Gasteiger partial charge in [-0.1, -0.05) is 24.3 Å². The number of aromatic nitrogens is 1. The molecule has 1 aromatic heterocycles. The minimum atomic E-state index is -0.333. The molecule has 7 heteroatoms. The van der Waals surface area contributed by atoms with E-state index in [4.69, 9.17) is 0 Å². The van der Waals surface area contributed by atoms with E-state index in [9.17, 15) is 14.0 Å². The number of rotatable bonds is 4. The molecule has 0 saturated carbocycles. The van der Waals surface area contributed by atoms with E-state index in [-0.39, 0.29) is 23.7 Å². The lowest BCUT2D eigenvalue weighted by molar-refractivity contribution is -0.110. The minimum absolute atomic E-state index is 0.00261. The first-order valence-electron chi connectivity index (χ1n) is 12.3. The van der Waals surface area contributed by atoms with E-state index in [0.29, 0.717) is 22.4 Å². The Morgan fingerprint density at radius 1 is 1.14 bits per heavy atom. The Morgan fingerprint density at radius 3 is 2.58 bits per heavy atom. The van der Waals surface area contributed by atoms with E-state index in [1.54, 1.807) is 12.1 Å². The van der Waals surface area contributed by atoms with Gasteiger partial charge in [-0.25, -0.2) is 4.39 Å². The van der Waals surface area contributed by atoms with Gasteiger partial charge in [0.15, 0.2) is 0 Å². The van der Waals surface area contributed by atoms with Crippen LogP contribution in [-0.4, -0.2) is 59.8 Å². The number of carbonyl (C=O) groups is 2. The first-order valence-corrected chi connectivity index (χ1v) is 12.3. The van der Waals surface area contributed by atoms with Crippen molar-refractivity contribution in [1.29, 1.82) is 0 Å². The molecule has 2 aliphatic rings. The molecule has 186 valence electrons. The second-order valence-electron chi connectivity index (χ2n) is 9.86. The molecule has 0 bridgehead atoms. The van der Waals surface area contributed by atoms with Crippen LogP contribution >= 0.6 is 0 Å². The number of H-pyrrole nitrogens is 1. The molecule has 2 aliphatic heterocycles. The van der Waals surface area contributed by atoms with Crippen LogP contribution in [0.5, 0.6) is 0 Å². The number of carbonyl (C=O) groups excluding carboxylic acids is 2. The number of fused-ring (bicyclic) bond motifs is 1. The van der Waals surface area contributed by atoms with Gasteiger partial charge in [0.05, 0.1) is 11.1 Å². The monoisotopic (exact) mass is 486 g/mol. The van der Waals surface area contributed by atoms with E-state index in [2.05, 4.69) is 22.2 Å². The number of anilines is 1. The molecule has 0 unspecified atom stereocenters. The van der Waals surface area contributed by atoms with Crippen LogP contribution in [0.25, 0.3) is 22.8 Å². The van der Waals surface area contributed by atoms with Gasteiger partial charge in [-0.15, -0.1) is 0 Å². The maximum Gasteiger partial charge on any atom is 0.256 e. The van der Waals surface area contributed by atoms with E-state index in [1.807, 2.05) is 50.1 Å². The fourth-order valence-electron chi connectivity index (χ4n) is 5.39. The second kappa shape index (κ2) is 9.39. The molecule has 36 heavy (non-hydrogen) atoms. The third-order valence-corrected chi connectivity index (χ3v) is 7.50. The average Bonchev–Trinajstić information content (AvgIpc) is 3.33. The third-order valence-electron chi connectivity index (χ3n) is 7.50. The fraction of sp³-hybridized carbons (Fsp3) is 0.310. The van der Waals surface area contributed by atoms with Gasteiger partial charge in [0.1, 0.15) is 5.82 Å². The summed E-state index contributed by atoms with van der Waals surface area (Å²) in [5.74, 6) is -0.561. The number of likely N-dealkylation sites (tertiary alicyclic amines) is 1. The maximum atomic E-state index is 14.0. The van der Waals surface area contributed by atoms with Gasteiger partial charge >= 0.3 is 0 Å². The van der Waals surface area contributed by atoms with E-state index in [0.717, 1.165) is 54.0 Å². The number of nitrogens with zero attached hydrogens (tertiary/aromatic N) is 2. The number of nitrogens with one attached hydrogen (secondary N) is 2. The van der Waals surface area contributed by atoms with Crippen molar-refractivity contribution in [3.63, 3.8) is 0 Å². The zero-order chi connectivity index (χ0) is 25.6. The number of aryl methyl sites for hydroxylation is 1. The van der Waals surface area contributed by atoms with Crippen molar-refractivity contribution in [2.45, 2.75) is 32.7 Å². The maximum absolute atomic E-state index is 14.0. The van der Waals surface area contributed by atoms with Crippen molar-refractivity contribution >= 4 is 29.2 Å². The number of aromatic amines is 1. The first-order chi connectivity index (χ1) is 17.2. The van der Waals surface area contributed by atoms with E-state index in [1.165, 1.54) is 12.1 Å². The summed E-state index contributed by atoms with van der Waals surface area (Å²) >= 11 is 0. The Balaban J connectivity index is 1.52. The highest BCUT2D eigenvalue weighted by Gasteiger charge is 2.30. The average molecular weight is 487 g/mol. The molecule has 2 N–H and O–H groups in total. The van der Waals surface area contributed by atoms with Gasteiger partial charge < -0.3 is 20.1 Å². The molecule has 3 heterocycles. The Morgan fingerprint density at radius 2 is 1.86 bits per heavy atom. The number of hydrogen-bond donors (Lipinski definition) is 2. The summed E-state index contributed by atoms with van der Waals surface area (Å²) in [6.45, 7) is 5.77. The number of piperidine rings is 1. The molecule has 2 amide bonds. The summed E-state index contributed by atoms with van der Waals surface area (Å²) in [5.41, 5.74) is 6.34. The summed E-state index contributed by atoms with van der Waals surface area (Å²) in [6, 6.07) is 12.2. The Hall–Kier alpha value is -3.71. The summed E-state index contributed by atoms with van der Waals surface area (Å²) in [4.78, 5) is 34.0.